The van der Waals surface area contributed by atoms with Gasteiger partial charge in [0, 0.05) is 18.9 Å². The average Bonchev–Trinajstić information content (AvgIpc) is 3.43. The van der Waals surface area contributed by atoms with Crippen molar-refractivity contribution in [1.29, 1.82) is 0 Å². The van der Waals surface area contributed by atoms with E-state index in [1.165, 1.54) is 12.8 Å². The molecular formula is C24H29N3O4. The fourth-order valence-corrected chi connectivity index (χ4v) is 4.25. The standard InChI is InChI=1S/C24H29N3O4/c1-30-21-12-11-17(13-22(21)31-20-9-5-6-10-20)18-14-24(29)27(15-18)16-23(28)26-25-19-7-3-2-4-8-19/h2-4,7-8,11-13,18,20,25H,5-6,9-10,14-16H2,1H3,(H,26,28). The van der Waals surface area contributed by atoms with Crippen LogP contribution in [0, 0.1) is 0 Å². The Morgan fingerprint density at radius 2 is 1.87 bits per heavy atom. The first-order chi connectivity index (χ1) is 15.1. The Morgan fingerprint density at radius 1 is 1.10 bits per heavy atom. The molecule has 4 rings (SSSR count). The highest BCUT2D eigenvalue weighted by Gasteiger charge is 2.32. The van der Waals surface area contributed by atoms with Gasteiger partial charge in [-0.1, -0.05) is 24.3 Å². The highest BCUT2D eigenvalue weighted by molar-refractivity contribution is 5.87. The van der Waals surface area contributed by atoms with Gasteiger partial charge in [-0.3, -0.25) is 20.4 Å². The highest BCUT2D eigenvalue weighted by Crippen LogP contribution is 2.36. The first kappa shape index (κ1) is 21.0. The van der Waals surface area contributed by atoms with Crippen LogP contribution in [0.15, 0.2) is 48.5 Å². The van der Waals surface area contributed by atoms with Crippen LogP contribution in [-0.2, 0) is 9.59 Å². The topological polar surface area (TPSA) is 79.9 Å². The van der Waals surface area contributed by atoms with E-state index in [4.69, 9.17) is 9.47 Å². The predicted octanol–water partition coefficient (Wildman–Crippen LogP) is 3.48. The number of hydrogen-bond acceptors (Lipinski definition) is 5. The first-order valence-electron chi connectivity index (χ1n) is 10.8. The minimum absolute atomic E-state index is 0.0195. The molecule has 1 heterocycles. The summed E-state index contributed by atoms with van der Waals surface area (Å²) in [5.74, 6) is 1.21. The monoisotopic (exact) mass is 423 g/mol. The molecule has 1 saturated carbocycles. The van der Waals surface area contributed by atoms with Crippen molar-refractivity contribution in [3.8, 4) is 11.5 Å². The van der Waals surface area contributed by atoms with Gasteiger partial charge in [-0.15, -0.1) is 0 Å². The third-order valence-electron chi connectivity index (χ3n) is 5.92. The van der Waals surface area contributed by atoms with Crippen LogP contribution < -0.4 is 20.3 Å². The van der Waals surface area contributed by atoms with Crippen LogP contribution in [0.1, 0.15) is 43.6 Å². The number of benzene rings is 2. The number of nitrogens with zero attached hydrogens (tertiary/aromatic N) is 1. The number of para-hydroxylation sites is 1. The van der Waals surface area contributed by atoms with Crippen molar-refractivity contribution in [2.75, 3.05) is 25.6 Å². The number of carbonyl (C=O) groups excluding carboxylic acids is 2. The molecule has 0 radical (unpaired) electrons. The largest absolute Gasteiger partial charge is 0.493 e. The molecule has 0 bridgehead atoms. The van der Waals surface area contributed by atoms with E-state index in [0.29, 0.717) is 18.7 Å². The number of likely N-dealkylation sites (tertiary alicyclic amines) is 1. The van der Waals surface area contributed by atoms with Crippen LogP contribution in [0.3, 0.4) is 0 Å². The Labute approximate surface area is 182 Å². The van der Waals surface area contributed by atoms with Gasteiger partial charge in [-0.25, -0.2) is 0 Å². The van der Waals surface area contributed by atoms with E-state index in [1.807, 2.05) is 48.5 Å². The molecule has 1 unspecified atom stereocenters. The summed E-state index contributed by atoms with van der Waals surface area (Å²) in [4.78, 5) is 26.4. The molecule has 2 N–H and O–H groups in total. The van der Waals surface area contributed by atoms with Gasteiger partial charge in [0.25, 0.3) is 5.91 Å². The molecule has 7 heteroatoms. The highest BCUT2D eigenvalue weighted by atomic mass is 16.5. The summed E-state index contributed by atoms with van der Waals surface area (Å²) < 4.78 is 11.7. The Morgan fingerprint density at radius 3 is 2.61 bits per heavy atom. The van der Waals surface area contributed by atoms with Crippen molar-refractivity contribution in [1.82, 2.24) is 10.3 Å². The van der Waals surface area contributed by atoms with Crippen LogP contribution in [0.5, 0.6) is 11.5 Å². The number of carbonyl (C=O) groups is 2. The third-order valence-corrected chi connectivity index (χ3v) is 5.92. The van der Waals surface area contributed by atoms with Gasteiger partial charge in [0.2, 0.25) is 5.91 Å². The predicted molar refractivity (Wildman–Crippen MR) is 118 cm³/mol. The molecule has 31 heavy (non-hydrogen) atoms. The van der Waals surface area contributed by atoms with Gasteiger partial charge in [-0.05, 0) is 55.5 Å². The van der Waals surface area contributed by atoms with Crippen molar-refractivity contribution in [3.05, 3.63) is 54.1 Å². The lowest BCUT2D eigenvalue weighted by molar-refractivity contribution is -0.132. The second-order valence-electron chi connectivity index (χ2n) is 8.15. The van der Waals surface area contributed by atoms with E-state index < -0.39 is 0 Å². The smallest absolute Gasteiger partial charge is 0.257 e. The summed E-state index contributed by atoms with van der Waals surface area (Å²) in [5, 5.41) is 0. The Bertz CT molecular complexity index is 912. The number of ether oxygens (including phenoxy) is 2. The van der Waals surface area contributed by atoms with E-state index in [1.54, 1.807) is 12.0 Å². The molecule has 1 aliphatic carbocycles. The van der Waals surface area contributed by atoms with Gasteiger partial charge in [0.05, 0.1) is 18.9 Å². The fraction of sp³-hybridized carbons (Fsp3) is 0.417. The molecule has 2 fully saturated rings. The van der Waals surface area contributed by atoms with Crippen molar-refractivity contribution < 1.29 is 19.1 Å². The molecule has 164 valence electrons. The molecule has 7 nitrogen and oxygen atoms in total. The van der Waals surface area contributed by atoms with E-state index in [2.05, 4.69) is 10.9 Å². The maximum atomic E-state index is 12.5. The summed E-state index contributed by atoms with van der Waals surface area (Å²) in [6.07, 6.45) is 5.13. The van der Waals surface area contributed by atoms with E-state index >= 15 is 0 Å². The number of amides is 2. The van der Waals surface area contributed by atoms with Gasteiger partial charge >= 0.3 is 0 Å². The molecule has 1 aliphatic heterocycles. The van der Waals surface area contributed by atoms with Crippen LogP contribution in [0.4, 0.5) is 5.69 Å². The summed E-state index contributed by atoms with van der Waals surface area (Å²) in [7, 11) is 1.64. The first-order valence-corrected chi connectivity index (χ1v) is 10.8. The number of hydrogen-bond donors (Lipinski definition) is 2. The van der Waals surface area contributed by atoms with E-state index in [9.17, 15) is 9.59 Å². The Kier molecular flexibility index (Phi) is 6.60. The third kappa shape index (κ3) is 5.29. The lowest BCUT2D eigenvalue weighted by Gasteiger charge is -2.19. The summed E-state index contributed by atoms with van der Waals surface area (Å²) in [5.41, 5.74) is 7.33. The maximum absolute atomic E-state index is 12.5. The molecule has 2 amide bonds. The second kappa shape index (κ2) is 9.73. The quantitative estimate of drug-likeness (QED) is 0.636. The lowest BCUT2D eigenvalue weighted by atomic mass is 9.98. The molecule has 0 aromatic heterocycles. The summed E-state index contributed by atoms with van der Waals surface area (Å²) >= 11 is 0. The zero-order chi connectivity index (χ0) is 21.6. The summed E-state index contributed by atoms with van der Waals surface area (Å²) in [6, 6.07) is 15.3. The zero-order valence-electron chi connectivity index (χ0n) is 17.8. The Balaban J connectivity index is 1.36. The number of rotatable bonds is 8. The average molecular weight is 424 g/mol. The van der Waals surface area contributed by atoms with Crippen molar-refractivity contribution in [3.63, 3.8) is 0 Å². The molecular weight excluding hydrogens is 394 g/mol. The van der Waals surface area contributed by atoms with Gasteiger partial charge in [0.15, 0.2) is 11.5 Å². The minimum atomic E-state index is -0.252. The van der Waals surface area contributed by atoms with Gasteiger partial charge < -0.3 is 14.4 Å². The van der Waals surface area contributed by atoms with Crippen LogP contribution in [-0.4, -0.2) is 43.0 Å². The van der Waals surface area contributed by atoms with Gasteiger partial charge in [0.1, 0.15) is 6.54 Å². The zero-order valence-corrected chi connectivity index (χ0v) is 17.8. The fourth-order valence-electron chi connectivity index (χ4n) is 4.25. The molecule has 1 atom stereocenters. The van der Waals surface area contributed by atoms with Crippen molar-refractivity contribution >= 4 is 17.5 Å². The van der Waals surface area contributed by atoms with Crippen molar-refractivity contribution in [2.45, 2.75) is 44.1 Å². The number of methoxy groups -OCH3 is 1. The molecule has 2 aromatic carbocycles. The maximum Gasteiger partial charge on any atom is 0.257 e. The Hall–Kier alpha value is -3.22. The SMILES string of the molecule is COc1ccc(C2CC(=O)N(CC(=O)NNc3ccccc3)C2)cc1OC1CCCC1. The van der Waals surface area contributed by atoms with Crippen LogP contribution >= 0.6 is 0 Å². The molecule has 2 aliphatic rings. The lowest BCUT2D eigenvalue weighted by Crippen LogP contribution is -2.40. The number of hydrazine groups is 1. The van der Waals surface area contributed by atoms with E-state index in [-0.39, 0.29) is 30.4 Å². The summed E-state index contributed by atoms with van der Waals surface area (Å²) in [6.45, 7) is 0.531. The second-order valence-corrected chi connectivity index (χ2v) is 8.15. The molecule has 2 aromatic rings. The van der Waals surface area contributed by atoms with E-state index in [0.717, 1.165) is 29.8 Å². The van der Waals surface area contributed by atoms with Crippen molar-refractivity contribution in [2.24, 2.45) is 0 Å². The number of nitrogens with one attached hydrogen (secondary N) is 2. The van der Waals surface area contributed by atoms with Crippen LogP contribution in [0.2, 0.25) is 0 Å². The van der Waals surface area contributed by atoms with Crippen LogP contribution in [0.25, 0.3) is 0 Å². The molecule has 0 spiro atoms. The minimum Gasteiger partial charge on any atom is -0.493 e. The normalized spacial score (nSPS) is 18.8. The molecule has 1 saturated heterocycles. The number of anilines is 1. The van der Waals surface area contributed by atoms with Gasteiger partial charge in [-0.2, -0.15) is 0 Å².